The molecule has 0 saturated heterocycles. The van der Waals surface area contributed by atoms with Crippen LogP contribution in [-0.4, -0.2) is 9.55 Å². The van der Waals surface area contributed by atoms with Gasteiger partial charge in [-0.3, -0.25) is 9.36 Å². The molecular weight excluding hydrogens is 281 g/mol. The van der Waals surface area contributed by atoms with Crippen LogP contribution in [0.3, 0.4) is 0 Å². The van der Waals surface area contributed by atoms with Gasteiger partial charge in [0.15, 0.2) is 0 Å². The van der Waals surface area contributed by atoms with Gasteiger partial charge in [-0.2, -0.15) is 13.2 Å². The highest BCUT2D eigenvalue weighted by molar-refractivity contribution is 6.29. The molecule has 0 aliphatic carbocycles. The Balaban J connectivity index is 2.22. The van der Waals surface area contributed by atoms with Crippen LogP contribution < -0.4 is 5.56 Å². The van der Waals surface area contributed by atoms with Crippen molar-refractivity contribution in [2.24, 2.45) is 0 Å². The Kier molecular flexibility index (Phi) is 3.61. The van der Waals surface area contributed by atoms with E-state index >= 15 is 0 Å². The lowest BCUT2D eigenvalue weighted by atomic mass is 10.1. The molecule has 0 unspecified atom stereocenters. The molecule has 100 valence electrons. The molecule has 2 aromatic rings. The molecule has 7 heteroatoms. The van der Waals surface area contributed by atoms with Crippen molar-refractivity contribution in [3.63, 3.8) is 0 Å². The summed E-state index contributed by atoms with van der Waals surface area (Å²) in [7, 11) is 0. The number of nitrogens with zero attached hydrogens (tertiary/aromatic N) is 2. The van der Waals surface area contributed by atoms with E-state index in [0.29, 0.717) is 5.56 Å². The van der Waals surface area contributed by atoms with E-state index < -0.39 is 11.7 Å². The molecule has 0 aliphatic heterocycles. The summed E-state index contributed by atoms with van der Waals surface area (Å²) >= 11 is 5.54. The highest BCUT2D eigenvalue weighted by atomic mass is 35.5. The minimum absolute atomic E-state index is 0.0775. The molecule has 0 N–H and O–H groups in total. The lowest BCUT2D eigenvalue weighted by Crippen LogP contribution is -2.19. The summed E-state index contributed by atoms with van der Waals surface area (Å²) in [4.78, 5) is 15.3. The number of hydrogen-bond acceptors (Lipinski definition) is 2. The molecular formula is C12H8ClF3N2O. The maximum absolute atomic E-state index is 12.4. The summed E-state index contributed by atoms with van der Waals surface area (Å²) in [6.07, 6.45) is -3.11. The number of hydrogen-bond donors (Lipinski definition) is 0. The van der Waals surface area contributed by atoms with Gasteiger partial charge in [0.1, 0.15) is 5.15 Å². The predicted molar refractivity (Wildman–Crippen MR) is 64.1 cm³/mol. The lowest BCUT2D eigenvalue weighted by molar-refractivity contribution is -0.137. The van der Waals surface area contributed by atoms with Gasteiger partial charge in [-0.25, -0.2) is 4.98 Å². The van der Waals surface area contributed by atoms with Gasteiger partial charge in [0, 0.05) is 6.07 Å². The number of rotatable bonds is 2. The number of aromatic nitrogens is 2. The van der Waals surface area contributed by atoms with Crippen LogP contribution in [0, 0.1) is 0 Å². The molecule has 0 atom stereocenters. The van der Waals surface area contributed by atoms with Gasteiger partial charge in [-0.05, 0) is 17.7 Å². The second-order valence-electron chi connectivity index (χ2n) is 3.87. The molecule has 1 heterocycles. The summed E-state index contributed by atoms with van der Waals surface area (Å²) in [6.45, 7) is 0.140. The number of benzene rings is 1. The van der Waals surface area contributed by atoms with E-state index in [1.54, 1.807) is 0 Å². The van der Waals surface area contributed by atoms with E-state index in [0.717, 1.165) is 18.2 Å². The summed E-state index contributed by atoms with van der Waals surface area (Å²) in [5.41, 5.74) is -0.517. The first-order valence-corrected chi connectivity index (χ1v) is 5.62. The maximum Gasteiger partial charge on any atom is 0.416 e. The van der Waals surface area contributed by atoms with Crippen molar-refractivity contribution in [2.75, 3.05) is 0 Å². The van der Waals surface area contributed by atoms with Crippen molar-refractivity contribution in [1.82, 2.24) is 9.55 Å². The zero-order valence-corrected chi connectivity index (χ0v) is 10.2. The quantitative estimate of drug-likeness (QED) is 0.796. The van der Waals surface area contributed by atoms with E-state index in [-0.39, 0.29) is 17.3 Å². The van der Waals surface area contributed by atoms with E-state index in [2.05, 4.69) is 4.98 Å². The summed E-state index contributed by atoms with van der Waals surface area (Å²) in [5, 5.41) is 0.0775. The van der Waals surface area contributed by atoms with Gasteiger partial charge in [-0.1, -0.05) is 23.7 Å². The number of alkyl halides is 3. The highest BCUT2D eigenvalue weighted by Crippen LogP contribution is 2.29. The van der Waals surface area contributed by atoms with Crippen molar-refractivity contribution in [2.45, 2.75) is 12.7 Å². The van der Waals surface area contributed by atoms with E-state index in [1.165, 1.54) is 23.0 Å². The van der Waals surface area contributed by atoms with Gasteiger partial charge in [0.25, 0.3) is 5.56 Å². The normalized spacial score (nSPS) is 11.6. The number of halogens is 4. The molecule has 2 rings (SSSR count). The summed E-state index contributed by atoms with van der Waals surface area (Å²) in [5.74, 6) is 0. The average molecular weight is 289 g/mol. The predicted octanol–water partition coefficient (Wildman–Crippen LogP) is 2.96. The smallest absolute Gasteiger partial charge is 0.295 e. The van der Waals surface area contributed by atoms with E-state index in [1.807, 2.05) is 0 Å². The molecule has 0 saturated carbocycles. The van der Waals surface area contributed by atoms with Crippen molar-refractivity contribution < 1.29 is 13.2 Å². The first-order chi connectivity index (χ1) is 8.86. The van der Waals surface area contributed by atoms with Crippen LogP contribution in [0.15, 0.2) is 41.5 Å². The molecule has 0 aliphatic rings. The van der Waals surface area contributed by atoms with Gasteiger partial charge in [-0.15, -0.1) is 0 Å². The first kappa shape index (κ1) is 13.6. The fourth-order valence-corrected chi connectivity index (χ4v) is 1.66. The highest BCUT2D eigenvalue weighted by Gasteiger charge is 2.29. The van der Waals surface area contributed by atoms with E-state index in [4.69, 9.17) is 11.6 Å². The van der Waals surface area contributed by atoms with Gasteiger partial charge < -0.3 is 0 Å². The van der Waals surface area contributed by atoms with Crippen molar-refractivity contribution >= 4 is 11.6 Å². The molecule has 19 heavy (non-hydrogen) atoms. The Labute approximate surface area is 111 Å². The van der Waals surface area contributed by atoms with Crippen molar-refractivity contribution in [1.29, 1.82) is 0 Å². The SMILES string of the molecule is O=c1cc(Cl)ncn1Cc1ccc(C(F)(F)F)cc1. The van der Waals surface area contributed by atoms with Crippen LogP contribution in [-0.2, 0) is 12.7 Å². The Bertz CT molecular complexity index is 635. The molecule has 0 spiro atoms. The fraction of sp³-hybridized carbons (Fsp3) is 0.167. The standard InChI is InChI=1S/C12H8ClF3N2O/c13-10-5-11(19)18(7-17-10)6-8-1-3-9(4-2-8)12(14,15)16/h1-5,7H,6H2. The van der Waals surface area contributed by atoms with Crippen LogP contribution in [0.4, 0.5) is 13.2 Å². The fourth-order valence-electron chi connectivity index (χ4n) is 1.52. The Morgan fingerprint density at radius 1 is 1.21 bits per heavy atom. The van der Waals surface area contributed by atoms with Crippen LogP contribution in [0.5, 0.6) is 0 Å². The third-order valence-corrected chi connectivity index (χ3v) is 2.69. The first-order valence-electron chi connectivity index (χ1n) is 5.24. The third kappa shape index (κ3) is 3.35. The lowest BCUT2D eigenvalue weighted by Gasteiger charge is -2.08. The molecule has 0 amide bonds. The second kappa shape index (κ2) is 5.05. The molecule has 1 aromatic heterocycles. The average Bonchev–Trinajstić information content (AvgIpc) is 2.32. The van der Waals surface area contributed by atoms with E-state index in [9.17, 15) is 18.0 Å². The largest absolute Gasteiger partial charge is 0.416 e. The van der Waals surface area contributed by atoms with Gasteiger partial charge >= 0.3 is 6.18 Å². The topological polar surface area (TPSA) is 34.9 Å². The van der Waals surface area contributed by atoms with Gasteiger partial charge in [0.2, 0.25) is 0 Å². The van der Waals surface area contributed by atoms with Crippen LogP contribution in [0.25, 0.3) is 0 Å². The minimum Gasteiger partial charge on any atom is -0.295 e. The Morgan fingerprint density at radius 3 is 2.37 bits per heavy atom. The summed E-state index contributed by atoms with van der Waals surface area (Å²) < 4.78 is 38.4. The molecule has 0 bridgehead atoms. The molecule has 0 fully saturated rings. The molecule has 1 aromatic carbocycles. The Hall–Kier alpha value is -1.82. The van der Waals surface area contributed by atoms with Crippen molar-refractivity contribution in [3.05, 3.63) is 63.3 Å². The monoisotopic (exact) mass is 288 g/mol. The minimum atomic E-state index is -4.36. The molecule has 0 radical (unpaired) electrons. The van der Waals surface area contributed by atoms with Crippen molar-refractivity contribution in [3.8, 4) is 0 Å². The summed E-state index contributed by atoms with van der Waals surface area (Å²) in [6, 6.07) is 5.74. The maximum atomic E-state index is 12.4. The zero-order valence-electron chi connectivity index (χ0n) is 9.49. The molecule has 3 nitrogen and oxygen atoms in total. The van der Waals surface area contributed by atoms with Crippen LogP contribution >= 0.6 is 11.6 Å². The Morgan fingerprint density at radius 2 is 1.84 bits per heavy atom. The second-order valence-corrected chi connectivity index (χ2v) is 4.26. The van der Waals surface area contributed by atoms with Crippen LogP contribution in [0.1, 0.15) is 11.1 Å². The third-order valence-electron chi connectivity index (χ3n) is 2.48. The van der Waals surface area contributed by atoms with Gasteiger partial charge in [0.05, 0.1) is 18.4 Å². The zero-order chi connectivity index (χ0) is 14.0. The van der Waals surface area contributed by atoms with Crippen LogP contribution in [0.2, 0.25) is 5.15 Å².